The van der Waals surface area contributed by atoms with Crippen LogP contribution in [0.2, 0.25) is 0 Å². The molecule has 1 saturated heterocycles. The average Bonchev–Trinajstić information content (AvgIpc) is 3.73. The maximum absolute atomic E-state index is 13.9. The van der Waals surface area contributed by atoms with Gasteiger partial charge in [-0.2, -0.15) is 0 Å². The highest BCUT2D eigenvalue weighted by atomic mass is 16.4. The van der Waals surface area contributed by atoms with E-state index in [9.17, 15) is 48.6 Å². The summed E-state index contributed by atoms with van der Waals surface area (Å²) in [6.45, 7) is 7.56. The van der Waals surface area contributed by atoms with E-state index < -0.39 is 108 Å². The fourth-order valence-corrected chi connectivity index (χ4v) is 6.78. The summed E-state index contributed by atoms with van der Waals surface area (Å²) in [6.07, 6.45) is -0.351. The molecule has 1 aliphatic rings. The zero-order valence-electron chi connectivity index (χ0n) is 37.6. The third kappa shape index (κ3) is 18.6. The van der Waals surface area contributed by atoms with Crippen molar-refractivity contribution in [2.24, 2.45) is 44.6 Å². The molecule has 1 fully saturated rings. The van der Waals surface area contributed by atoms with E-state index in [1.165, 1.54) is 25.7 Å². The molecule has 0 radical (unpaired) electrons. The molecule has 1 aromatic carbocycles. The Morgan fingerprint density at radius 1 is 0.692 bits per heavy atom. The lowest BCUT2D eigenvalue weighted by Gasteiger charge is -2.30. The Morgan fingerprint density at radius 3 is 1.68 bits per heavy atom. The lowest BCUT2D eigenvalue weighted by atomic mass is 10.0. The van der Waals surface area contributed by atoms with E-state index in [2.05, 4.69) is 41.9 Å². The highest BCUT2D eigenvalue weighted by Gasteiger charge is 2.40. The van der Waals surface area contributed by atoms with Crippen molar-refractivity contribution < 1.29 is 48.6 Å². The minimum absolute atomic E-state index is 0.0243. The van der Waals surface area contributed by atoms with Gasteiger partial charge in [0.05, 0.1) is 12.1 Å². The second kappa shape index (κ2) is 26.9. The first-order valence-electron chi connectivity index (χ1n) is 21.5. The first-order valence-corrected chi connectivity index (χ1v) is 21.5. The van der Waals surface area contributed by atoms with Crippen LogP contribution in [0.4, 0.5) is 0 Å². The Balaban J connectivity index is 2.20. The molecule has 24 nitrogen and oxygen atoms in total. The van der Waals surface area contributed by atoms with Crippen LogP contribution in [0.1, 0.15) is 78.7 Å². The second-order valence-electron chi connectivity index (χ2n) is 16.3. The molecule has 65 heavy (non-hydrogen) atoms. The fraction of sp³-hybridized carbons (Fsp3) is 0.610. The minimum atomic E-state index is -1.62. The summed E-state index contributed by atoms with van der Waals surface area (Å²) in [5.41, 5.74) is 28.6. The summed E-state index contributed by atoms with van der Waals surface area (Å²) in [4.78, 5) is 115. The number of aliphatic hydroxyl groups is 1. The predicted octanol–water partition coefficient (Wildman–Crippen LogP) is -4.28. The molecule has 2 rings (SSSR count). The van der Waals surface area contributed by atoms with Gasteiger partial charge in [0.25, 0.3) is 0 Å². The fourth-order valence-electron chi connectivity index (χ4n) is 6.78. The summed E-state index contributed by atoms with van der Waals surface area (Å²) >= 11 is 0. The Morgan fingerprint density at radius 2 is 1.20 bits per heavy atom. The largest absolute Gasteiger partial charge is 0.480 e. The summed E-state index contributed by atoms with van der Waals surface area (Å²) in [5.74, 6) is -7.43. The number of carboxylic acids is 1. The van der Waals surface area contributed by atoms with Gasteiger partial charge in [-0.05, 0) is 77.2 Å². The molecule has 0 saturated carbocycles. The molecular weight excluding hydrogens is 849 g/mol. The van der Waals surface area contributed by atoms with E-state index >= 15 is 0 Å². The van der Waals surface area contributed by atoms with Gasteiger partial charge < -0.3 is 75.7 Å². The quantitative estimate of drug-likeness (QED) is 0.0238. The Labute approximate surface area is 378 Å². The molecule has 7 amide bonds. The number of benzene rings is 1. The van der Waals surface area contributed by atoms with Crippen LogP contribution in [-0.2, 0) is 44.8 Å². The van der Waals surface area contributed by atoms with Crippen molar-refractivity contribution >= 4 is 59.2 Å². The number of aliphatic hydroxyl groups excluding tert-OH is 1. The van der Waals surface area contributed by atoms with Gasteiger partial charge in [-0.25, -0.2) is 0 Å². The van der Waals surface area contributed by atoms with Gasteiger partial charge in [0.15, 0.2) is 11.9 Å². The summed E-state index contributed by atoms with van der Waals surface area (Å²) in [6, 6.07) is -0.793. The first kappa shape index (κ1) is 54.6. The van der Waals surface area contributed by atoms with Gasteiger partial charge in [0.1, 0.15) is 42.3 Å². The standard InChI is InChI=1S/C41H68N14O10/c1-21(2)30(53-32(57)26(42)20-25-12-7-6-8-13-25)36(61)51-27(14-9-17-47-40(43)44)33(58)49-22(3)38(63)55-19-11-16-29(55)35(60)54-31(24(5)56)37(62)52-28(15-10-18-48-41(45)46)34(59)50-23(4)39(64)65/h6-8,12-13,21-24,26-31,56H,9-11,14-20,42H2,1-5H3,(H,49,58)(H,50,59)(H,51,61)(H,52,62)(H,53,57)(H,54,60)(H,64,65)(H4,43,44,47)(H4,45,46,48)/t22-,23-,24+,26-,27-,28-,29-,30-,31-/m0/s1. The van der Waals surface area contributed by atoms with E-state index in [0.717, 1.165) is 5.56 Å². The van der Waals surface area contributed by atoms with E-state index in [0.29, 0.717) is 6.42 Å². The minimum Gasteiger partial charge on any atom is -0.480 e. The molecule has 1 aromatic rings. The van der Waals surface area contributed by atoms with Crippen LogP contribution in [-0.4, -0.2) is 148 Å². The van der Waals surface area contributed by atoms with Crippen molar-refractivity contribution in [1.82, 2.24) is 36.8 Å². The molecule has 362 valence electrons. The molecular formula is C41H68N14O10. The number of rotatable bonds is 26. The molecule has 24 heteroatoms. The zero-order valence-corrected chi connectivity index (χ0v) is 37.6. The number of nitrogens with zero attached hydrogens (tertiary/aromatic N) is 3. The molecule has 1 aliphatic heterocycles. The number of hydrogen-bond acceptors (Lipinski definition) is 12. The van der Waals surface area contributed by atoms with Crippen LogP contribution in [0.15, 0.2) is 40.3 Å². The van der Waals surface area contributed by atoms with Gasteiger partial charge in [0, 0.05) is 19.6 Å². The van der Waals surface area contributed by atoms with E-state index in [1.54, 1.807) is 13.8 Å². The highest BCUT2D eigenvalue weighted by Crippen LogP contribution is 2.19. The lowest BCUT2D eigenvalue weighted by molar-refractivity contribution is -0.143. The Hall–Kier alpha value is -6.56. The summed E-state index contributed by atoms with van der Waals surface area (Å²) < 4.78 is 0. The first-order chi connectivity index (χ1) is 30.5. The average molecular weight is 917 g/mol. The zero-order chi connectivity index (χ0) is 49.0. The molecule has 0 bridgehead atoms. The predicted molar refractivity (Wildman–Crippen MR) is 240 cm³/mol. The number of hydrogen-bond donors (Lipinski definition) is 13. The number of guanidine groups is 2. The number of aliphatic carboxylic acids is 1. The highest BCUT2D eigenvalue weighted by molar-refractivity contribution is 5.98. The molecule has 0 aromatic heterocycles. The summed E-state index contributed by atoms with van der Waals surface area (Å²) in [5, 5.41) is 35.0. The maximum Gasteiger partial charge on any atom is 0.325 e. The molecule has 18 N–H and O–H groups in total. The number of carboxylic acid groups (broad SMARTS) is 1. The van der Waals surface area contributed by atoms with Crippen LogP contribution in [0.25, 0.3) is 0 Å². The van der Waals surface area contributed by atoms with Crippen LogP contribution in [0.3, 0.4) is 0 Å². The second-order valence-corrected chi connectivity index (χ2v) is 16.3. The van der Waals surface area contributed by atoms with Crippen molar-refractivity contribution in [2.45, 2.75) is 134 Å². The number of amides is 7. The van der Waals surface area contributed by atoms with Crippen molar-refractivity contribution in [2.75, 3.05) is 19.6 Å². The van der Waals surface area contributed by atoms with Gasteiger partial charge in [0.2, 0.25) is 41.4 Å². The Bertz CT molecular complexity index is 1860. The third-order valence-electron chi connectivity index (χ3n) is 10.4. The van der Waals surface area contributed by atoms with Gasteiger partial charge in [-0.3, -0.25) is 48.3 Å². The van der Waals surface area contributed by atoms with Crippen LogP contribution >= 0.6 is 0 Å². The lowest BCUT2D eigenvalue weighted by Crippen LogP contribution is -2.61. The molecule has 0 aliphatic carbocycles. The van der Waals surface area contributed by atoms with Gasteiger partial charge in [-0.1, -0.05) is 44.2 Å². The van der Waals surface area contributed by atoms with Crippen molar-refractivity contribution in [3.8, 4) is 0 Å². The van der Waals surface area contributed by atoms with Crippen molar-refractivity contribution in [1.29, 1.82) is 0 Å². The maximum atomic E-state index is 13.9. The Kier molecular flexibility index (Phi) is 22.6. The SMILES string of the molecule is CC(C)[C@H](NC(=O)[C@@H](N)Cc1ccccc1)C(=O)N[C@@H](CCCN=C(N)N)C(=O)N[C@@H](C)C(=O)N1CCC[C@H]1C(=O)N[C@H](C(=O)N[C@@H](CCCN=C(N)N)C(=O)N[C@@H](C)C(=O)O)[C@@H](C)O. The van der Waals surface area contributed by atoms with Crippen LogP contribution in [0.5, 0.6) is 0 Å². The number of likely N-dealkylation sites (tertiary alicyclic amines) is 1. The van der Waals surface area contributed by atoms with Gasteiger partial charge in [-0.15, -0.1) is 0 Å². The van der Waals surface area contributed by atoms with Gasteiger partial charge >= 0.3 is 5.97 Å². The smallest absolute Gasteiger partial charge is 0.325 e. The van der Waals surface area contributed by atoms with Crippen molar-refractivity contribution in [3.05, 3.63) is 35.9 Å². The van der Waals surface area contributed by atoms with E-state index in [-0.39, 0.29) is 70.1 Å². The molecule has 1 heterocycles. The number of nitrogens with one attached hydrogen (secondary N) is 6. The summed E-state index contributed by atoms with van der Waals surface area (Å²) in [7, 11) is 0. The third-order valence-corrected chi connectivity index (χ3v) is 10.4. The van der Waals surface area contributed by atoms with E-state index in [4.69, 9.17) is 28.7 Å². The molecule has 9 atom stereocenters. The number of carbonyl (C=O) groups is 8. The van der Waals surface area contributed by atoms with Crippen LogP contribution in [0, 0.1) is 5.92 Å². The number of carbonyl (C=O) groups excluding carboxylic acids is 7. The number of aliphatic imine (C=N–C) groups is 2. The monoisotopic (exact) mass is 917 g/mol. The van der Waals surface area contributed by atoms with Crippen LogP contribution < -0.4 is 60.6 Å². The van der Waals surface area contributed by atoms with Crippen molar-refractivity contribution in [3.63, 3.8) is 0 Å². The van der Waals surface area contributed by atoms with E-state index in [1.807, 2.05) is 30.3 Å². The normalized spacial score (nSPS) is 17.0. The number of nitrogens with two attached hydrogens (primary N) is 5. The molecule has 0 spiro atoms. The molecule has 0 unspecified atom stereocenters. The topological polar surface area (TPSA) is 407 Å².